The van der Waals surface area contributed by atoms with Gasteiger partial charge in [-0.05, 0) is 42.5 Å². The Hall–Kier alpha value is -1.02. The molecule has 1 aliphatic carbocycles. The third-order valence-corrected chi connectivity index (χ3v) is 4.26. The summed E-state index contributed by atoms with van der Waals surface area (Å²) in [5.41, 5.74) is 1.27. The standard InChI is InChI=1S/C17H27NO/c1-13(2)18-12-16(15-7-3-4-8-15)10-14-6-5-9-17(19)11-14/h5-6,9,11,13,15-16,18-19H,3-4,7-8,10,12H2,1-2H3. The molecule has 2 heteroatoms. The van der Waals surface area contributed by atoms with Gasteiger partial charge >= 0.3 is 0 Å². The first-order valence-electron chi connectivity index (χ1n) is 7.66. The molecule has 1 aliphatic rings. The fraction of sp³-hybridized carbons (Fsp3) is 0.647. The molecule has 2 rings (SSSR count). The molecule has 0 aliphatic heterocycles. The molecule has 1 unspecified atom stereocenters. The van der Waals surface area contributed by atoms with Crippen molar-refractivity contribution in [2.75, 3.05) is 6.54 Å². The van der Waals surface area contributed by atoms with Crippen LogP contribution in [-0.4, -0.2) is 17.7 Å². The van der Waals surface area contributed by atoms with E-state index in [-0.39, 0.29) is 0 Å². The number of nitrogens with one attached hydrogen (secondary N) is 1. The molecule has 1 atom stereocenters. The van der Waals surface area contributed by atoms with Gasteiger partial charge in [-0.3, -0.25) is 0 Å². The van der Waals surface area contributed by atoms with Crippen LogP contribution in [0.2, 0.25) is 0 Å². The molecule has 0 heterocycles. The number of phenols is 1. The van der Waals surface area contributed by atoms with E-state index in [9.17, 15) is 5.11 Å². The predicted molar refractivity (Wildman–Crippen MR) is 80.4 cm³/mol. The van der Waals surface area contributed by atoms with Crippen molar-refractivity contribution in [3.63, 3.8) is 0 Å². The van der Waals surface area contributed by atoms with Gasteiger partial charge in [-0.1, -0.05) is 51.7 Å². The van der Waals surface area contributed by atoms with Crippen LogP contribution in [-0.2, 0) is 6.42 Å². The maximum absolute atomic E-state index is 9.59. The van der Waals surface area contributed by atoms with E-state index in [4.69, 9.17) is 0 Å². The molecule has 0 radical (unpaired) electrons. The fourth-order valence-electron chi connectivity index (χ4n) is 3.21. The average Bonchev–Trinajstić information content (AvgIpc) is 2.88. The Bertz CT molecular complexity index is 383. The van der Waals surface area contributed by atoms with E-state index in [1.54, 1.807) is 6.07 Å². The Kier molecular flexibility index (Phi) is 5.26. The lowest BCUT2D eigenvalue weighted by molar-refractivity contribution is 0.312. The summed E-state index contributed by atoms with van der Waals surface area (Å²) in [6.07, 6.45) is 6.62. The Balaban J connectivity index is 1.99. The highest BCUT2D eigenvalue weighted by Crippen LogP contribution is 2.33. The van der Waals surface area contributed by atoms with Crippen molar-refractivity contribution in [1.82, 2.24) is 5.32 Å². The van der Waals surface area contributed by atoms with Gasteiger partial charge < -0.3 is 10.4 Å². The van der Waals surface area contributed by atoms with Crippen LogP contribution in [0.4, 0.5) is 0 Å². The molecule has 1 aromatic rings. The zero-order valence-electron chi connectivity index (χ0n) is 12.2. The SMILES string of the molecule is CC(C)NCC(Cc1cccc(O)c1)C1CCCC1. The van der Waals surface area contributed by atoms with E-state index in [1.165, 1.54) is 31.2 Å². The molecule has 2 nitrogen and oxygen atoms in total. The Labute approximate surface area is 117 Å². The molecule has 1 saturated carbocycles. The van der Waals surface area contributed by atoms with Gasteiger partial charge in [-0.25, -0.2) is 0 Å². The predicted octanol–water partition coefficient (Wildman–Crippen LogP) is 3.74. The first-order valence-corrected chi connectivity index (χ1v) is 7.66. The largest absolute Gasteiger partial charge is 0.508 e. The summed E-state index contributed by atoms with van der Waals surface area (Å²) in [5.74, 6) is 1.94. The van der Waals surface area contributed by atoms with Crippen molar-refractivity contribution in [3.8, 4) is 5.75 Å². The third kappa shape index (κ3) is 4.54. The van der Waals surface area contributed by atoms with E-state index in [1.807, 2.05) is 12.1 Å². The number of benzene rings is 1. The van der Waals surface area contributed by atoms with Crippen molar-refractivity contribution < 1.29 is 5.11 Å². The van der Waals surface area contributed by atoms with Crippen LogP contribution >= 0.6 is 0 Å². The first kappa shape index (κ1) is 14.4. The molecule has 0 amide bonds. The van der Waals surface area contributed by atoms with Crippen LogP contribution in [0.25, 0.3) is 0 Å². The molecule has 19 heavy (non-hydrogen) atoms. The maximum Gasteiger partial charge on any atom is 0.115 e. The number of aromatic hydroxyl groups is 1. The van der Waals surface area contributed by atoms with Gasteiger partial charge in [-0.15, -0.1) is 0 Å². The highest BCUT2D eigenvalue weighted by Gasteiger charge is 2.25. The second kappa shape index (κ2) is 6.95. The molecular weight excluding hydrogens is 234 g/mol. The van der Waals surface area contributed by atoms with E-state index in [2.05, 4.69) is 25.2 Å². The van der Waals surface area contributed by atoms with Gasteiger partial charge in [0.1, 0.15) is 5.75 Å². The minimum Gasteiger partial charge on any atom is -0.508 e. The normalized spacial score (nSPS) is 18.1. The topological polar surface area (TPSA) is 32.3 Å². The summed E-state index contributed by atoms with van der Waals surface area (Å²) >= 11 is 0. The Morgan fingerprint density at radius 3 is 2.63 bits per heavy atom. The monoisotopic (exact) mass is 261 g/mol. The minimum atomic E-state index is 0.388. The van der Waals surface area contributed by atoms with Crippen molar-refractivity contribution in [2.45, 2.75) is 52.0 Å². The lowest BCUT2D eigenvalue weighted by Gasteiger charge is -2.25. The summed E-state index contributed by atoms with van der Waals surface area (Å²) < 4.78 is 0. The molecular formula is C17H27NO. The molecule has 1 aromatic carbocycles. The van der Waals surface area contributed by atoms with E-state index in [0.29, 0.717) is 17.7 Å². The molecule has 1 fully saturated rings. The minimum absolute atomic E-state index is 0.388. The van der Waals surface area contributed by atoms with E-state index >= 15 is 0 Å². The number of phenolic OH excluding ortho intramolecular Hbond substituents is 1. The lowest BCUT2D eigenvalue weighted by atomic mass is 9.85. The number of rotatable bonds is 6. The molecule has 0 spiro atoms. The maximum atomic E-state index is 9.59. The van der Waals surface area contributed by atoms with Crippen LogP contribution in [0.1, 0.15) is 45.1 Å². The fourth-order valence-corrected chi connectivity index (χ4v) is 3.21. The summed E-state index contributed by atoms with van der Waals surface area (Å²) in [7, 11) is 0. The van der Waals surface area contributed by atoms with E-state index < -0.39 is 0 Å². The third-order valence-electron chi connectivity index (χ3n) is 4.26. The Morgan fingerprint density at radius 2 is 2.00 bits per heavy atom. The van der Waals surface area contributed by atoms with Gasteiger partial charge in [0, 0.05) is 6.04 Å². The second-order valence-electron chi connectivity index (χ2n) is 6.24. The molecule has 0 saturated heterocycles. The highest BCUT2D eigenvalue weighted by molar-refractivity contribution is 5.27. The van der Waals surface area contributed by atoms with Crippen molar-refractivity contribution in [2.24, 2.45) is 11.8 Å². The summed E-state index contributed by atoms with van der Waals surface area (Å²) in [6, 6.07) is 8.30. The van der Waals surface area contributed by atoms with Gasteiger partial charge in [0.2, 0.25) is 0 Å². The smallest absolute Gasteiger partial charge is 0.115 e. The summed E-state index contributed by atoms with van der Waals surface area (Å²) in [4.78, 5) is 0. The highest BCUT2D eigenvalue weighted by atomic mass is 16.3. The Morgan fingerprint density at radius 1 is 1.26 bits per heavy atom. The van der Waals surface area contributed by atoms with Crippen molar-refractivity contribution in [1.29, 1.82) is 0 Å². The van der Waals surface area contributed by atoms with Crippen LogP contribution in [0.15, 0.2) is 24.3 Å². The average molecular weight is 261 g/mol. The van der Waals surface area contributed by atoms with E-state index in [0.717, 1.165) is 18.9 Å². The van der Waals surface area contributed by atoms with Gasteiger partial charge in [-0.2, -0.15) is 0 Å². The van der Waals surface area contributed by atoms with Gasteiger partial charge in [0.05, 0.1) is 0 Å². The quantitative estimate of drug-likeness (QED) is 0.817. The number of hydrogen-bond donors (Lipinski definition) is 2. The molecule has 106 valence electrons. The van der Waals surface area contributed by atoms with Crippen LogP contribution in [0, 0.1) is 11.8 Å². The van der Waals surface area contributed by atoms with Crippen molar-refractivity contribution >= 4 is 0 Å². The van der Waals surface area contributed by atoms with Gasteiger partial charge in [0.15, 0.2) is 0 Å². The number of hydrogen-bond acceptors (Lipinski definition) is 2. The molecule has 0 bridgehead atoms. The second-order valence-corrected chi connectivity index (χ2v) is 6.24. The molecule has 0 aromatic heterocycles. The van der Waals surface area contributed by atoms with Crippen LogP contribution in [0.3, 0.4) is 0 Å². The zero-order chi connectivity index (χ0) is 13.7. The lowest BCUT2D eigenvalue weighted by Crippen LogP contribution is -2.33. The van der Waals surface area contributed by atoms with Gasteiger partial charge in [0.25, 0.3) is 0 Å². The zero-order valence-corrected chi connectivity index (χ0v) is 12.2. The van der Waals surface area contributed by atoms with Crippen LogP contribution in [0.5, 0.6) is 5.75 Å². The van der Waals surface area contributed by atoms with Crippen LogP contribution < -0.4 is 5.32 Å². The summed E-state index contributed by atoms with van der Waals surface area (Å²) in [5, 5.41) is 13.2. The first-order chi connectivity index (χ1) is 9.15. The molecule has 2 N–H and O–H groups in total. The summed E-state index contributed by atoms with van der Waals surface area (Å²) in [6.45, 7) is 5.51. The van der Waals surface area contributed by atoms with Crippen molar-refractivity contribution in [3.05, 3.63) is 29.8 Å².